The maximum absolute atomic E-state index is 4.00. The fourth-order valence-corrected chi connectivity index (χ4v) is 1.15. The standard InChI is InChI=1S/C6H2N2S/c1-2-8-6-4-9-3-5(6)7-1/h1-2H. The minimum atomic E-state index is 0.808. The smallest absolute Gasteiger partial charge is 0.109 e. The number of thiophene rings is 1. The monoisotopic (exact) mass is 134 g/mol. The lowest BCUT2D eigenvalue weighted by Gasteiger charge is -1.80. The summed E-state index contributed by atoms with van der Waals surface area (Å²) in [5.74, 6) is 0. The van der Waals surface area contributed by atoms with Crippen LogP contribution in [0.4, 0.5) is 0 Å². The molecule has 0 aliphatic carbocycles. The van der Waals surface area contributed by atoms with Crippen molar-refractivity contribution in [1.29, 1.82) is 0 Å². The summed E-state index contributed by atoms with van der Waals surface area (Å²) in [6.07, 6.45) is 3.30. The van der Waals surface area contributed by atoms with Gasteiger partial charge in [0.25, 0.3) is 0 Å². The molecule has 3 heteroatoms. The second-order valence-electron chi connectivity index (χ2n) is 1.56. The van der Waals surface area contributed by atoms with Gasteiger partial charge < -0.3 is 0 Å². The number of hydrogen-bond acceptors (Lipinski definition) is 3. The van der Waals surface area contributed by atoms with Gasteiger partial charge in [-0.1, -0.05) is 0 Å². The van der Waals surface area contributed by atoms with E-state index in [0.29, 0.717) is 0 Å². The van der Waals surface area contributed by atoms with Gasteiger partial charge in [0.15, 0.2) is 0 Å². The molecule has 0 fully saturated rings. The van der Waals surface area contributed by atoms with Crippen LogP contribution in [0.2, 0.25) is 0 Å². The van der Waals surface area contributed by atoms with Crippen LogP contribution in [0.5, 0.6) is 0 Å². The maximum Gasteiger partial charge on any atom is 0.109 e. The van der Waals surface area contributed by atoms with Crippen LogP contribution >= 0.6 is 11.3 Å². The van der Waals surface area contributed by atoms with E-state index >= 15 is 0 Å². The lowest BCUT2D eigenvalue weighted by atomic mass is 10.5. The fraction of sp³-hybridized carbons (Fsp3) is 0. The second kappa shape index (κ2) is 1.77. The van der Waals surface area contributed by atoms with Gasteiger partial charge in [-0.3, -0.25) is 9.97 Å². The molecule has 9 heavy (non-hydrogen) atoms. The first-order chi connectivity index (χ1) is 4.47. The fourth-order valence-electron chi connectivity index (χ4n) is 0.610. The Bertz CT molecular complexity index is 285. The normalized spacial score (nSPS) is 10.2. The Labute approximate surface area is 56.2 Å². The molecule has 0 unspecified atom stereocenters. The van der Waals surface area contributed by atoms with Crippen molar-refractivity contribution in [2.75, 3.05) is 0 Å². The van der Waals surface area contributed by atoms with Crippen LogP contribution in [0.1, 0.15) is 0 Å². The van der Waals surface area contributed by atoms with E-state index in [2.05, 4.69) is 20.7 Å². The highest BCUT2D eigenvalue weighted by molar-refractivity contribution is 7.08. The van der Waals surface area contributed by atoms with Crippen LogP contribution in [0, 0.1) is 10.8 Å². The predicted molar refractivity (Wildman–Crippen MR) is 35.1 cm³/mol. The van der Waals surface area contributed by atoms with Gasteiger partial charge in [0, 0.05) is 12.4 Å². The minimum Gasteiger partial charge on any atom is -0.251 e. The van der Waals surface area contributed by atoms with Crippen molar-refractivity contribution in [1.82, 2.24) is 9.97 Å². The molecule has 0 saturated carbocycles. The summed E-state index contributed by atoms with van der Waals surface area (Å²) < 4.78 is 0. The van der Waals surface area contributed by atoms with Crippen molar-refractivity contribution in [2.24, 2.45) is 0 Å². The molecule has 0 bridgehead atoms. The van der Waals surface area contributed by atoms with Gasteiger partial charge >= 0.3 is 0 Å². The minimum absolute atomic E-state index is 0.808. The highest BCUT2D eigenvalue weighted by Gasteiger charge is 1.92. The molecule has 42 valence electrons. The SMILES string of the molecule is [c]1s[c]c2nccnc12. The average Bonchev–Trinajstić information content (AvgIpc) is 2.33. The molecule has 0 aromatic carbocycles. The van der Waals surface area contributed by atoms with Crippen LogP contribution in [0.25, 0.3) is 11.0 Å². The number of aromatic nitrogens is 2. The first-order valence-electron chi connectivity index (χ1n) is 2.46. The molecule has 2 aromatic heterocycles. The molecule has 0 aliphatic rings. The van der Waals surface area contributed by atoms with E-state index in [9.17, 15) is 0 Å². The molecular formula is C6H2N2S. The molecule has 2 rings (SSSR count). The first kappa shape index (κ1) is 4.88. The Hall–Kier alpha value is -0.960. The lowest BCUT2D eigenvalue weighted by molar-refractivity contribution is 1.31. The highest BCUT2D eigenvalue weighted by Crippen LogP contribution is 2.09. The van der Waals surface area contributed by atoms with E-state index in [1.807, 2.05) is 0 Å². The van der Waals surface area contributed by atoms with Gasteiger partial charge in [0.1, 0.15) is 11.0 Å². The zero-order valence-corrected chi connectivity index (χ0v) is 5.27. The third kappa shape index (κ3) is 0.695. The molecule has 0 aliphatic heterocycles. The second-order valence-corrected chi connectivity index (χ2v) is 2.17. The summed E-state index contributed by atoms with van der Waals surface area (Å²) in [5, 5.41) is 5.86. The number of hydrogen-bond donors (Lipinski definition) is 0. The van der Waals surface area contributed by atoms with E-state index in [1.54, 1.807) is 12.4 Å². The van der Waals surface area contributed by atoms with Crippen LogP contribution in [0.3, 0.4) is 0 Å². The van der Waals surface area contributed by atoms with E-state index in [1.165, 1.54) is 11.3 Å². The van der Waals surface area contributed by atoms with Crippen molar-refractivity contribution in [3.63, 3.8) is 0 Å². The van der Waals surface area contributed by atoms with E-state index in [-0.39, 0.29) is 0 Å². The van der Waals surface area contributed by atoms with Gasteiger partial charge in [-0.25, -0.2) is 0 Å². The van der Waals surface area contributed by atoms with Gasteiger partial charge in [0.05, 0.1) is 10.8 Å². The average molecular weight is 134 g/mol. The summed E-state index contributed by atoms with van der Waals surface area (Å²) in [4.78, 5) is 8.00. The lowest BCUT2D eigenvalue weighted by Crippen LogP contribution is -1.73. The van der Waals surface area contributed by atoms with Gasteiger partial charge in [-0.05, 0) is 0 Å². The highest BCUT2D eigenvalue weighted by atomic mass is 32.1. The van der Waals surface area contributed by atoms with Crippen molar-refractivity contribution < 1.29 is 0 Å². The Morgan fingerprint density at radius 1 is 1.11 bits per heavy atom. The number of fused-ring (bicyclic) bond motifs is 1. The van der Waals surface area contributed by atoms with E-state index in [4.69, 9.17) is 0 Å². The Morgan fingerprint density at radius 3 is 2.22 bits per heavy atom. The van der Waals surface area contributed by atoms with Crippen molar-refractivity contribution in [2.45, 2.75) is 0 Å². The zero-order valence-electron chi connectivity index (χ0n) is 4.46. The summed E-state index contributed by atoms with van der Waals surface area (Å²) in [7, 11) is 0. The molecule has 0 saturated heterocycles. The molecule has 0 N–H and O–H groups in total. The molecule has 2 heterocycles. The predicted octanol–water partition coefficient (Wildman–Crippen LogP) is 1.29. The van der Waals surface area contributed by atoms with Gasteiger partial charge in [0.2, 0.25) is 0 Å². The van der Waals surface area contributed by atoms with Crippen LogP contribution in [-0.4, -0.2) is 9.97 Å². The largest absolute Gasteiger partial charge is 0.251 e. The third-order valence-corrected chi connectivity index (χ3v) is 1.58. The molecule has 2 radical (unpaired) electrons. The molecule has 0 atom stereocenters. The molecule has 0 amide bonds. The van der Waals surface area contributed by atoms with E-state index < -0.39 is 0 Å². The first-order valence-corrected chi connectivity index (χ1v) is 3.27. The molecule has 2 nitrogen and oxygen atoms in total. The summed E-state index contributed by atoms with van der Waals surface area (Å²) in [6, 6.07) is 0. The molecule has 0 spiro atoms. The van der Waals surface area contributed by atoms with Gasteiger partial charge in [-0.2, -0.15) is 0 Å². The maximum atomic E-state index is 4.00. The quantitative estimate of drug-likeness (QED) is 0.542. The van der Waals surface area contributed by atoms with Gasteiger partial charge in [-0.15, -0.1) is 11.3 Å². The number of rotatable bonds is 0. The van der Waals surface area contributed by atoms with Crippen LogP contribution in [0.15, 0.2) is 12.4 Å². The topological polar surface area (TPSA) is 25.8 Å². The Balaban J connectivity index is 2.95. The summed E-state index contributed by atoms with van der Waals surface area (Å²) in [6.45, 7) is 0. The third-order valence-electron chi connectivity index (χ3n) is 0.994. The Kier molecular flexibility index (Phi) is 0.960. The number of nitrogens with zero attached hydrogens (tertiary/aromatic N) is 2. The van der Waals surface area contributed by atoms with Crippen molar-refractivity contribution >= 4 is 22.4 Å². The van der Waals surface area contributed by atoms with Crippen LogP contribution < -0.4 is 0 Å². The summed E-state index contributed by atoms with van der Waals surface area (Å²) >= 11 is 1.38. The Morgan fingerprint density at radius 2 is 1.67 bits per heavy atom. The van der Waals surface area contributed by atoms with Crippen LogP contribution in [-0.2, 0) is 0 Å². The van der Waals surface area contributed by atoms with Crippen molar-refractivity contribution in [3.8, 4) is 0 Å². The van der Waals surface area contributed by atoms with E-state index in [0.717, 1.165) is 11.0 Å². The molecular weight excluding hydrogens is 132 g/mol. The van der Waals surface area contributed by atoms with Crippen molar-refractivity contribution in [3.05, 3.63) is 23.2 Å². The zero-order chi connectivity index (χ0) is 6.10. The summed E-state index contributed by atoms with van der Waals surface area (Å²) in [5.41, 5.74) is 1.62. The molecule has 2 aromatic rings.